The smallest absolute Gasteiger partial charge is 0.255 e. The molecule has 13 nitrogen and oxygen atoms in total. The lowest BCUT2D eigenvalue weighted by atomic mass is 9.57. The molecule has 1 aliphatic heterocycles. The number of primary amides is 1. The van der Waals surface area contributed by atoms with Crippen LogP contribution < -0.4 is 16.0 Å². The van der Waals surface area contributed by atoms with Gasteiger partial charge in [-0.1, -0.05) is 12.8 Å². The van der Waals surface area contributed by atoms with E-state index in [1.165, 1.54) is 43.4 Å². The van der Waals surface area contributed by atoms with Crippen molar-refractivity contribution in [3.8, 4) is 5.75 Å². The molecule has 1 heterocycles. The second kappa shape index (κ2) is 11.8. The van der Waals surface area contributed by atoms with Crippen LogP contribution in [-0.2, 0) is 25.6 Å². The van der Waals surface area contributed by atoms with Gasteiger partial charge in [0.2, 0.25) is 11.7 Å². The number of hydrogen-bond acceptors (Lipinski definition) is 11. The van der Waals surface area contributed by atoms with Crippen molar-refractivity contribution in [2.75, 3.05) is 51.5 Å². The number of rotatable bonds is 6. The molecule has 1 aromatic rings. The number of Topliss-reactive ketones (excluding diaryl/α,β-unsaturated/α-hetero) is 2. The summed E-state index contributed by atoms with van der Waals surface area (Å²) in [5, 5.41) is 49.3. The van der Waals surface area contributed by atoms with Crippen LogP contribution >= 0.6 is 0 Å². The average Bonchev–Trinajstić information content (AvgIpc) is 2.99. The predicted octanol–water partition coefficient (Wildman–Crippen LogP) is 1.87. The second-order valence-corrected chi connectivity index (χ2v) is 15.5. The summed E-state index contributed by atoms with van der Waals surface area (Å²) >= 11 is 0. The van der Waals surface area contributed by atoms with Crippen LogP contribution in [0, 0.1) is 29.6 Å². The first-order chi connectivity index (χ1) is 23.2. The third-order valence-corrected chi connectivity index (χ3v) is 12.4. The summed E-state index contributed by atoms with van der Waals surface area (Å²) in [4.78, 5) is 59.1. The lowest BCUT2D eigenvalue weighted by molar-refractivity contribution is -0.153. The van der Waals surface area contributed by atoms with Crippen molar-refractivity contribution >= 4 is 40.5 Å². The normalized spacial score (nSPS) is 33.1. The number of carbonyl (C=O) groups excluding carboxylic acids is 4. The van der Waals surface area contributed by atoms with E-state index in [2.05, 4.69) is 10.2 Å². The quantitative estimate of drug-likeness (QED) is 0.190. The van der Waals surface area contributed by atoms with Gasteiger partial charge in [0, 0.05) is 50.4 Å². The maximum atomic E-state index is 14.2. The van der Waals surface area contributed by atoms with Crippen molar-refractivity contribution in [2.45, 2.75) is 69.1 Å². The number of fused-ring (bicyclic) bond motifs is 5. The highest BCUT2D eigenvalue weighted by Gasteiger charge is 2.64. The fourth-order valence-electron chi connectivity index (χ4n) is 10.2. The van der Waals surface area contributed by atoms with Crippen LogP contribution in [0.15, 0.2) is 23.0 Å². The highest BCUT2D eigenvalue weighted by atomic mass is 16.3. The number of benzene rings is 1. The minimum atomic E-state index is -2.72. The monoisotopic (exact) mass is 677 g/mol. The number of likely N-dealkylation sites (tertiary alicyclic amines) is 1. The number of aliphatic hydroxyl groups excluding tert-OH is 2. The summed E-state index contributed by atoms with van der Waals surface area (Å²) in [5.41, 5.74) is 2.79. The van der Waals surface area contributed by atoms with E-state index in [-0.39, 0.29) is 41.5 Å². The third-order valence-electron chi connectivity index (χ3n) is 12.4. The number of likely N-dealkylation sites (N-methyl/N-ethyl adjacent to an activating group) is 1. The predicted molar refractivity (Wildman–Crippen MR) is 181 cm³/mol. The lowest BCUT2D eigenvalue weighted by Crippen LogP contribution is -2.65. The largest absolute Gasteiger partial charge is 0.508 e. The highest BCUT2D eigenvalue weighted by Crippen LogP contribution is 2.55. The number of aliphatic hydroxyl groups is 3. The van der Waals surface area contributed by atoms with Crippen LogP contribution in [0.25, 0.3) is 5.76 Å². The van der Waals surface area contributed by atoms with Gasteiger partial charge in [-0.15, -0.1) is 0 Å². The van der Waals surface area contributed by atoms with Crippen molar-refractivity contribution in [3.63, 3.8) is 0 Å². The standard InChI is InChI=1S/C36H47N5O8/c1-39(2)23-13-22(38-35(48)19-14-41(15-19)27-16-7-5-8-17(27)10-6-9-16)29(42)25-20(23)11-18-12-21-28(40(3)4)31(44)26(34(37)47)33(46)36(21,49)32(45)24(18)30(25)43/h13,16-19,21,27-28,42-43,46,49H,5-12,14-15H2,1-4H3,(H2,37,47)(H,38,48)/t16?,17?,18-,21-,27?,28-,36-/m0/s1. The molecule has 13 heteroatoms. The first-order valence-corrected chi connectivity index (χ1v) is 17.4. The number of phenolic OH excluding ortho intramolecular Hbond substituents is 1. The maximum absolute atomic E-state index is 14.2. The van der Waals surface area contributed by atoms with Crippen LogP contribution in [0.2, 0.25) is 0 Å². The Morgan fingerprint density at radius 1 is 1.00 bits per heavy atom. The van der Waals surface area contributed by atoms with Gasteiger partial charge in [-0.2, -0.15) is 0 Å². The lowest BCUT2D eigenvalue weighted by Gasteiger charge is -2.53. The first kappa shape index (κ1) is 33.6. The van der Waals surface area contributed by atoms with E-state index in [1.54, 1.807) is 39.2 Å². The molecule has 264 valence electrons. The van der Waals surface area contributed by atoms with Crippen LogP contribution in [0.5, 0.6) is 5.75 Å². The summed E-state index contributed by atoms with van der Waals surface area (Å²) in [7, 11) is 6.71. The molecule has 4 atom stereocenters. The molecule has 3 saturated carbocycles. The Bertz CT molecular complexity index is 1690. The number of carbonyl (C=O) groups is 4. The Hall–Kier alpha value is -3.94. The summed E-state index contributed by atoms with van der Waals surface area (Å²) < 4.78 is 0. The van der Waals surface area contributed by atoms with E-state index >= 15 is 0 Å². The van der Waals surface area contributed by atoms with Gasteiger partial charge in [0.05, 0.1) is 23.2 Å². The summed E-state index contributed by atoms with van der Waals surface area (Å²) in [5.74, 6) is -6.24. The number of anilines is 2. The van der Waals surface area contributed by atoms with Gasteiger partial charge >= 0.3 is 0 Å². The van der Waals surface area contributed by atoms with Crippen molar-refractivity contribution in [3.05, 3.63) is 34.1 Å². The van der Waals surface area contributed by atoms with Gasteiger partial charge in [-0.3, -0.25) is 29.0 Å². The van der Waals surface area contributed by atoms with Crippen molar-refractivity contribution in [1.29, 1.82) is 0 Å². The van der Waals surface area contributed by atoms with Gasteiger partial charge in [-0.25, -0.2) is 0 Å². The number of amides is 2. The first-order valence-electron chi connectivity index (χ1n) is 17.4. The average molecular weight is 678 g/mol. The van der Waals surface area contributed by atoms with Crippen LogP contribution in [0.4, 0.5) is 11.4 Å². The molecule has 7 N–H and O–H groups in total. The van der Waals surface area contributed by atoms with Gasteiger partial charge < -0.3 is 36.4 Å². The molecule has 49 heavy (non-hydrogen) atoms. The zero-order valence-electron chi connectivity index (χ0n) is 28.5. The zero-order chi connectivity index (χ0) is 35.3. The number of nitrogens with one attached hydrogen (secondary N) is 1. The molecule has 6 aliphatic rings. The van der Waals surface area contributed by atoms with Crippen LogP contribution in [0.1, 0.15) is 56.1 Å². The summed E-state index contributed by atoms with van der Waals surface area (Å²) in [6.07, 6.45) is 7.73. The number of nitrogens with two attached hydrogens (primary N) is 1. The molecule has 7 rings (SSSR count). The second-order valence-electron chi connectivity index (χ2n) is 15.5. The molecule has 4 fully saturated rings. The van der Waals surface area contributed by atoms with Gasteiger partial charge in [0.15, 0.2) is 11.4 Å². The highest BCUT2D eigenvalue weighted by molar-refractivity contribution is 6.24. The molecule has 2 bridgehead atoms. The topological polar surface area (TPSA) is 197 Å². The van der Waals surface area contributed by atoms with Crippen LogP contribution in [-0.4, -0.2) is 113 Å². The molecule has 0 spiro atoms. The fourth-order valence-corrected chi connectivity index (χ4v) is 10.2. The van der Waals surface area contributed by atoms with E-state index < -0.39 is 63.8 Å². The number of hydrogen-bond donors (Lipinski definition) is 6. The molecular formula is C36H47N5O8. The molecule has 0 unspecified atom stereocenters. The minimum absolute atomic E-state index is 0.00122. The molecule has 1 saturated heterocycles. The van der Waals surface area contributed by atoms with E-state index in [1.807, 2.05) is 0 Å². The molecule has 0 aromatic heterocycles. The Morgan fingerprint density at radius 2 is 1.61 bits per heavy atom. The van der Waals surface area contributed by atoms with E-state index in [4.69, 9.17) is 5.73 Å². The van der Waals surface area contributed by atoms with E-state index in [0.29, 0.717) is 42.2 Å². The third kappa shape index (κ3) is 4.90. The van der Waals surface area contributed by atoms with Crippen molar-refractivity contribution in [1.82, 2.24) is 9.80 Å². The Kier molecular flexibility index (Phi) is 8.11. The number of nitrogens with zero attached hydrogens (tertiary/aromatic N) is 3. The summed E-state index contributed by atoms with van der Waals surface area (Å²) in [6.45, 7) is 1.31. The Balaban J connectivity index is 1.22. The number of phenols is 1. The number of ketones is 2. The summed E-state index contributed by atoms with van der Waals surface area (Å²) in [6, 6.07) is 1.04. The van der Waals surface area contributed by atoms with Gasteiger partial charge in [-0.05, 0) is 82.0 Å². The SMILES string of the molecule is CN(C)c1cc(NC(=O)C2CN(C3C4CCCC3CCC4)C2)c(O)c2c1C[C@H]1C[C@H]3[C@H](N(C)C)C(=O)C(C(N)=O)=C(O)[C@@]3(O)C(=O)C1=C2O. The van der Waals surface area contributed by atoms with Gasteiger partial charge in [0.1, 0.15) is 22.8 Å². The molecule has 5 aliphatic carbocycles. The maximum Gasteiger partial charge on any atom is 0.255 e. The molecule has 2 amide bonds. The Morgan fingerprint density at radius 3 is 2.16 bits per heavy atom. The molecule has 0 radical (unpaired) electrons. The Labute approximate surface area is 285 Å². The minimum Gasteiger partial charge on any atom is -0.508 e. The van der Waals surface area contributed by atoms with Crippen molar-refractivity contribution in [2.24, 2.45) is 35.3 Å². The van der Waals surface area contributed by atoms with E-state index in [9.17, 15) is 39.6 Å². The molecular weight excluding hydrogens is 630 g/mol. The zero-order valence-corrected chi connectivity index (χ0v) is 28.5. The van der Waals surface area contributed by atoms with Crippen molar-refractivity contribution < 1.29 is 39.6 Å². The molecule has 1 aromatic carbocycles. The fraction of sp³-hybridized carbons (Fsp3) is 0.611. The van der Waals surface area contributed by atoms with Gasteiger partial charge in [0.25, 0.3) is 5.91 Å². The van der Waals surface area contributed by atoms with E-state index in [0.717, 1.165) is 0 Å². The van der Waals surface area contributed by atoms with Crippen LogP contribution in [0.3, 0.4) is 0 Å². The number of aromatic hydroxyl groups is 1.